The molecule has 11 aromatic rings. The molecule has 0 N–H and O–H groups in total. The summed E-state index contributed by atoms with van der Waals surface area (Å²) in [6.45, 7) is 0. The van der Waals surface area contributed by atoms with E-state index in [-0.39, 0.29) is 0 Å². The molecule has 0 fully saturated rings. The van der Waals surface area contributed by atoms with Crippen molar-refractivity contribution in [3.8, 4) is 55.6 Å². The van der Waals surface area contributed by atoms with E-state index in [0.717, 1.165) is 27.5 Å². The van der Waals surface area contributed by atoms with E-state index in [9.17, 15) is 0 Å². The minimum atomic E-state index is 0.890. The van der Waals surface area contributed by atoms with Gasteiger partial charge in [0.15, 0.2) is 0 Å². The maximum absolute atomic E-state index is 6.51. The predicted octanol–water partition coefficient (Wildman–Crippen LogP) is 15.4. The second kappa shape index (κ2) is 12.7. The normalized spacial score (nSPS) is 11.6. The van der Waals surface area contributed by atoms with Crippen molar-refractivity contribution in [1.82, 2.24) is 0 Å². The molecular weight excluding hydrogens is 665 g/mol. The van der Waals surface area contributed by atoms with Gasteiger partial charge in [0.05, 0.1) is 0 Å². The van der Waals surface area contributed by atoms with Gasteiger partial charge in [-0.1, -0.05) is 182 Å². The molecule has 1 aromatic heterocycles. The summed E-state index contributed by atoms with van der Waals surface area (Å²) in [4.78, 5) is 0. The van der Waals surface area contributed by atoms with Crippen molar-refractivity contribution >= 4 is 54.3 Å². The highest BCUT2D eigenvalue weighted by molar-refractivity contribution is 6.24. The Hall–Kier alpha value is -7.22. The molecule has 1 heterocycles. The third-order valence-corrected chi connectivity index (χ3v) is 11.3. The Morgan fingerprint density at radius 2 is 0.745 bits per heavy atom. The molecule has 11 rings (SSSR count). The minimum absolute atomic E-state index is 0.890. The summed E-state index contributed by atoms with van der Waals surface area (Å²) >= 11 is 0. The molecule has 10 aromatic carbocycles. The van der Waals surface area contributed by atoms with Crippen LogP contribution in [-0.2, 0) is 0 Å². The third kappa shape index (κ3) is 5.09. The van der Waals surface area contributed by atoms with E-state index in [4.69, 9.17) is 4.42 Å². The van der Waals surface area contributed by atoms with E-state index in [2.05, 4.69) is 200 Å². The SMILES string of the molecule is c1ccc(-c2ccc(-c3c(-c4cc(-c5c6ccccc6c(-c6ccccc6)c6ccccc56)c5ccccc5c4)ccc4oc5ccccc5c34)cc2)cc1. The Kier molecular flexibility index (Phi) is 7.25. The summed E-state index contributed by atoms with van der Waals surface area (Å²) < 4.78 is 6.51. The Morgan fingerprint density at radius 1 is 0.255 bits per heavy atom. The molecule has 1 nitrogen and oxygen atoms in total. The molecule has 0 aliphatic carbocycles. The van der Waals surface area contributed by atoms with Crippen molar-refractivity contribution in [2.24, 2.45) is 0 Å². The Morgan fingerprint density at radius 3 is 1.42 bits per heavy atom. The number of hydrogen-bond donors (Lipinski definition) is 0. The molecule has 0 bridgehead atoms. The highest BCUT2D eigenvalue weighted by Gasteiger charge is 2.22. The lowest BCUT2D eigenvalue weighted by Gasteiger charge is -2.20. The summed E-state index contributed by atoms with van der Waals surface area (Å²) in [7, 11) is 0. The smallest absolute Gasteiger partial charge is 0.136 e. The van der Waals surface area contributed by atoms with Crippen LogP contribution in [-0.4, -0.2) is 0 Å². The monoisotopic (exact) mass is 698 g/mol. The topological polar surface area (TPSA) is 13.1 Å². The summed E-state index contributed by atoms with van der Waals surface area (Å²) in [5, 5.41) is 9.69. The molecule has 0 radical (unpaired) electrons. The van der Waals surface area contributed by atoms with E-state index < -0.39 is 0 Å². The van der Waals surface area contributed by atoms with Crippen LogP contribution >= 0.6 is 0 Å². The largest absolute Gasteiger partial charge is 0.456 e. The number of fused-ring (bicyclic) bond motifs is 6. The molecule has 0 unspecified atom stereocenters. The Labute approximate surface area is 319 Å². The van der Waals surface area contributed by atoms with Gasteiger partial charge in [-0.3, -0.25) is 0 Å². The van der Waals surface area contributed by atoms with E-state index >= 15 is 0 Å². The van der Waals surface area contributed by atoms with Gasteiger partial charge in [0.2, 0.25) is 0 Å². The molecule has 0 amide bonds. The minimum Gasteiger partial charge on any atom is -0.456 e. The summed E-state index contributed by atoms with van der Waals surface area (Å²) in [6.07, 6.45) is 0. The lowest BCUT2D eigenvalue weighted by atomic mass is 9.83. The number of rotatable bonds is 5. The highest BCUT2D eigenvalue weighted by Crippen LogP contribution is 2.48. The molecule has 0 spiro atoms. The second-order valence-electron chi connectivity index (χ2n) is 14.4. The first-order valence-corrected chi connectivity index (χ1v) is 18.9. The van der Waals surface area contributed by atoms with Crippen molar-refractivity contribution in [3.05, 3.63) is 206 Å². The lowest BCUT2D eigenvalue weighted by Crippen LogP contribution is -1.93. The summed E-state index contributed by atoms with van der Waals surface area (Å²) in [6, 6.07) is 74.8. The fourth-order valence-electron chi connectivity index (χ4n) is 8.82. The van der Waals surface area contributed by atoms with Crippen molar-refractivity contribution in [2.75, 3.05) is 0 Å². The van der Waals surface area contributed by atoms with Gasteiger partial charge in [0, 0.05) is 16.3 Å². The molecule has 256 valence electrons. The first kappa shape index (κ1) is 31.3. The van der Waals surface area contributed by atoms with Gasteiger partial charge in [-0.2, -0.15) is 0 Å². The average molecular weight is 699 g/mol. The van der Waals surface area contributed by atoms with Crippen LogP contribution < -0.4 is 0 Å². The zero-order valence-electron chi connectivity index (χ0n) is 30.0. The van der Waals surface area contributed by atoms with Crippen molar-refractivity contribution in [1.29, 1.82) is 0 Å². The van der Waals surface area contributed by atoms with Crippen LogP contribution in [0.5, 0.6) is 0 Å². The highest BCUT2D eigenvalue weighted by atomic mass is 16.3. The molecule has 0 aliphatic heterocycles. The van der Waals surface area contributed by atoms with Gasteiger partial charge < -0.3 is 4.42 Å². The van der Waals surface area contributed by atoms with E-state index in [1.165, 1.54) is 82.4 Å². The number of furan rings is 1. The van der Waals surface area contributed by atoms with Crippen LogP contribution in [0.2, 0.25) is 0 Å². The lowest BCUT2D eigenvalue weighted by molar-refractivity contribution is 0.669. The predicted molar refractivity (Wildman–Crippen MR) is 233 cm³/mol. The van der Waals surface area contributed by atoms with Crippen LogP contribution in [0.1, 0.15) is 0 Å². The summed E-state index contributed by atoms with van der Waals surface area (Å²) in [5.41, 5.74) is 13.8. The van der Waals surface area contributed by atoms with Gasteiger partial charge >= 0.3 is 0 Å². The fourth-order valence-corrected chi connectivity index (χ4v) is 8.82. The van der Waals surface area contributed by atoms with Crippen molar-refractivity contribution in [2.45, 2.75) is 0 Å². The summed E-state index contributed by atoms with van der Waals surface area (Å²) in [5.74, 6) is 0. The van der Waals surface area contributed by atoms with Gasteiger partial charge in [-0.25, -0.2) is 0 Å². The molecule has 0 aliphatic rings. The Balaban J connectivity index is 1.22. The molecule has 0 saturated carbocycles. The maximum Gasteiger partial charge on any atom is 0.136 e. The Bertz CT molecular complexity index is 3170. The standard InChI is InChI=1S/C54H34O/c1-3-15-35(16-4-1)36-27-29-38(30-28-36)52-42(31-32-50-54(52)47-25-13-14-26-49(47)55-50)40-33-39-19-7-8-20-41(39)48(34-40)53-45-23-11-9-21-43(45)51(37-17-5-2-6-18-37)44-22-10-12-24-46(44)53/h1-34H. The van der Waals surface area contributed by atoms with Crippen LogP contribution in [0.15, 0.2) is 211 Å². The average Bonchev–Trinajstić information content (AvgIpc) is 3.64. The number of benzene rings is 10. The van der Waals surface area contributed by atoms with Crippen molar-refractivity contribution in [3.63, 3.8) is 0 Å². The van der Waals surface area contributed by atoms with Crippen LogP contribution in [0.25, 0.3) is 110 Å². The fraction of sp³-hybridized carbons (Fsp3) is 0. The van der Waals surface area contributed by atoms with E-state index in [0.29, 0.717) is 0 Å². The molecule has 0 atom stereocenters. The maximum atomic E-state index is 6.51. The van der Waals surface area contributed by atoms with Crippen LogP contribution in [0.3, 0.4) is 0 Å². The molecule has 0 saturated heterocycles. The quantitative estimate of drug-likeness (QED) is 0.163. The number of hydrogen-bond acceptors (Lipinski definition) is 1. The van der Waals surface area contributed by atoms with Gasteiger partial charge in [0.25, 0.3) is 0 Å². The zero-order chi connectivity index (χ0) is 36.3. The van der Waals surface area contributed by atoms with Gasteiger partial charge in [0.1, 0.15) is 11.2 Å². The first-order chi connectivity index (χ1) is 27.3. The second-order valence-corrected chi connectivity index (χ2v) is 14.4. The van der Waals surface area contributed by atoms with Gasteiger partial charge in [-0.05, 0) is 107 Å². The molecular formula is C54H34O. The van der Waals surface area contributed by atoms with E-state index in [1.54, 1.807) is 0 Å². The zero-order valence-corrected chi connectivity index (χ0v) is 30.0. The third-order valence-electron chi connectivity index (χ3n) is 11.3. The number of para-hydroxylation sites is 1. The van der Waals surface area contributed by atoms with Crippen molar-refractivity contribution < 1.29 is 4.42 Å². The van der Waals surface area contributed by atoms with Gasteiger partial charge in [-0.15, -0.1) is 0 Å². The van der Waals surface area contributed by atoms with Crippen LogP contribution in [0, 0.1) is 0 Å². The first-order valence-electron chi connectivity index (χ1n) is 18.9. The van der Waals surface area contributed by atoms with Crippen LogP contribution in [0.4, 0.5) is 0 Å². The molecule has 55 heavy (non-hydrogen) atoms. The molecule has 1 heteroatoms. The van der Waals surface area contributed by atoms with E-state index in [1.807, 2.05) is 6.07 Å².